The largest absolute Gasteiger partial charge is 0.449 e. The first-order valence-electron chi connectivity index (χ1n) is 6.32. The van der Waals surface area contributed by atoms with E-state index in [1.807, 2.05) is 32.0 Å². The van der Waals surface area contributed by atoms with E-state index < -0.39 is 0 Å². The first kappa shape index (κ1) is 13.3. The first-order chi connectivity index (χ1) is 9.04. The summed E-state index contributed by atoms with van der Waals surface area (Å²) in [5.74, 6) is 0.619. The fourth-order valence-electron chi connectivity index (χ4n) is 1.81. The average molecular weight is 258 g/mol. The highest BCUT2D eigenvalue weighted by Crippen LogP contribution is 2.14. The van der Waals surface area contributed by atoms with Crippen molar-refractivity contribution in [1.29, 1.82) is 0 Å². The molecule has 0 saturated carbocycles. The van der Waals surface area contributed by atoms with Crippen LogP contribution in [-0.2, 0) is 11.2 Å². The lowest BCUT2D eigenvalue weighted by molar-refractivity contribution is -0.116. The van der Waals surface area contributed by atoms with Crippen LogP contribution in [0, 0.1) is 20.8 Å². The molecule has 100 valence electrons. The first-order valence-corrected chi connectivity index (χ1v) is 6.32. The van der Waals surface area contributed by atoms with Gasteiger partial charge < -0.3 is 9.73 Å². The molecule has 0 unspecified atom stereocenters. The van der Waals surface area contributed by atoms with Crippen LogP contribution >= 0.6 is 0 Å². The molecule has 2 aromatic rings. The van der Waals surface area contributed by atoms with Crippen molar-refractivity contribution in [3.05, 3.63) is 47.2 Å². The molecule has 1 N–H and O–H groups in total. The van der Waals surface area contributed by atoms with Gasteiger partial charge in [-0.3, -0.25) is 4.79 Å². The van der Waals surface area contributed by atoms with Crippen molar-refractivity contribution >= 4 is 11.6 Å². The average Bonchev–Trinajstić information content (AvgIpc) is 2.77. The Bertz CT molecular complexity index is 588. The number of aryl methyl sites for hydroxylation is 4. The minimum atomic E-state index is -0.0103. The van der Waals surface area contributed by atoms with Crippen molar-refractivity contribution in [2.45, 2.75) is 33.6 Å². The van der Waals surface area contributed by atoms with E-state index in [0.29, 0.717) is 18.7 Å². The zero-order valence-corrected chi connectivity index (χ0v) is 11.5. The molecule has 1 aromatic carbocycles. The van der Waals surface area contributed by atoms with Crippen LogP contribution < -0.4 is 5.32 Å². The molecule has 1 amide bonds. The van der Waals surface area contributed by atoms with Gasteiger partial charge in [-0.05, 0) is 37.1 Å². The molecule has 19 heavy (non-hydrogen) atoms. The van der Waals surface area contributed by atoms with Crippen LogP contribution in [-0.4, -0.2) is 10.9 Å². The number of nitrogens with one attached hydrogen (secondary N) is 1. The molecule has 1 heterocycles. The smallest absolute Gasteiger partial charge is 0.224 e. The maximum absolute atomic E-state index is 11.8. The Morgan fingerprint density at radius 1 is 1.26 bits per heavy atom. The van der Waals surface area contributed by atoms with E-state index in [0.717, 1.165) is 11.4 Å². The fraction of sp³-hybridized carbons (Fsp3) is 0.333. The maximum Gasteiger partial charge on any atom is 0.224 e. The summed E-state index contributed by atoms with van der Waals surface area (Å²) in [5, 5.41) is 2.89. The lowest BCUT2D eigenvalue weighted by Crippen LogP contribution is -2.12. The monoisotopic (exact) mass is 258 g/mol. The van der Waals surface area contributed by atoms with Crippen LogP contribution in [0.1, 0.15) is 29.1 Å². The Morgan fingerprint density at radius 2 is 2.05 bits per heavy atom. The number of aromatic nitrogens is 1. The molecule has 1 aromatic heterocycles. The van der Waals surface area contributed by atoms with Crippen LogP contribution in [0.3, 0.4) is 0 Å². The number of amides is 1. The fourth-order valence-corrected chi connectivity index (χ4v) is 1.81. The van der Waals surface area contributed by atoms with Gasteiger partial charge in [0.05, 0.1) is 5.69 Å². The third-order valence-corrected chi connectivity index (χ3v) is 3.07. The molecule has 0 atom stereocenters. The maximum atomic E-state index is 11.8. The van der Waals surface area contributed by atoms with Crippen molar-refractivity contribution in [2.24, 2.45) is 0 Å². The van der Waals surface area contributed by atoms with Crippen LogP contribution in [0.15, 0.2) is 28.9 Å². The van der Waals surface area contributed by atoms with Gasteiger partial charge in [-0.1, -0.05) is 6.07 Å². The number of carbonyl (C=O) groups excluding carboxylic acids is 1. The van der Waals surface area contributed by atoms with Gasteiger partial charge in [0.25, 0.3) is 0 Å². The van der Waals surface area contributed by atoms with Gasteiger partial charge in [0.1, 0.15) is 6.26 Å². The van der Waals surface area contributed by atoms with Gasteiger partial charge in [0.15, 0.2) is 5.89 Å². The van der Waals surface area contributed by atoms with Crippen molar-refractivity contribution < 1.29 is 9.21 Å². The Kier molecular flexibility index (Phi) is 4.00. The van der Waals surface area contributed by atoms with Gasteiger partial charge in [-0.15, -0.1) is 0 Å². The summed E-state index contributed by atoms with van der Waals surface area (Å²) < 4.78 is 5.10. The summed E-state index contributed by atoms with van der Waals surface area (Å²) in [7, 11) is 0. The Balaban J connectivity index is 1.88. The normalized spacial score (nSPS) is 10.5. The van der Waals surface area contributed by atoms with Gasteiger partial charge in [0, 0.05) is 25.5 Å². The number of hydrogen-bond acceptors (Lipinski definition) is 3. The third-order valence-electron chi connectivity index (χ3n) is 3.07. The number of rotatable bonds is 4. The van der Waals surface area contributed by atoms with E-state index in [-0.39, 0.29) is 5.91 Å². The highest BCUT2D eigenvalue weighted by atomic mass is 16.3. The predicted molar refractivity (Wildman–Crippen MR) is 74.1 cm³/mol. The second-order valence-electron chi connectivity index (χ2n) is 4.71. The lowest BCUT2D eigenvalue weighted by atomic mass is 10.1. The molecule has 0 saturated heterocycles. The second-order valence-corrected chi connectivity index (χ2v) is 4.71. The molecule has 0 bridgehead atoms. The molecule has 0 aliphatic heterocycles. The number of oxazole rings is 1. The molecule has 4 heteroatoms. The van der Waals surface area contributed by atoms with E-state index >= 15 is 0 Å². The SMILES string of the molecule is Cc1nc(CCC(=O)Nc2ccc(C)c(C)c2)co1. The van der Waals surface area contributed by atoms with Crippen molar-refractivity contribution in [1.82, 2.24) is 4.98 Å². The summed E-state index contributed by atoms with van der Waals surface area (Å²) in [6, 6.07) is 5.90. The van der Waals surface area contributed by atoms with Crippen LogP contribution in [0.25, 0.3) is 0 Å². The van der Waals surface area contributed by atoms with Gasteiger partial charge in [-0.25, -0.2) is 4.98 Å². The minimum absolute atomic E-state index is 0.0103. The number of benzene rings is 1. The van der Waals surface area contributed by atoms with E-state index in [1.165, 1.54) is 11.1 Å². The summed E-state index contributed by atoms with van der Waals surface area (Å²) >= 11 is 0. The Hall–Kier alpha value is -2.10. The molecule has 2 rings (SSSR count). The van der Waals surface area contributed by atoms with Crippen molar-refractivity contribution in [3.63, 3.8) is 0 Å². The van der Waals surface area contributed by atoms with E-state index in [2.05, 4.69) is 10.3 Å². The van der Waals surface area contributed by atoms with Crippen LogP contribution in [0.2, 0.25) is 0 Å². The summed E-state index contributed by atoms with van der Waals surface area (Å²) in [6.45, 7) is 5.87. The minimum Gasteiger partial charge on any atom is -0.449 e. The number of carbonyl (C=O) groups is 1. The highest BCUT2D eigenvalue weighted by molar-refractivity contribution is 5.90. The number of nitrogens with zero attached hydrogens (tertiary/aromatic N) is 1. The van der Waals surface area contributed by atoms with Crippen LogP contribution in [0.5, 0.6) is 0 Å². The predicted octanol–water partition coefficient (Wildman–Crippen LogP) is 3.17. The molecule has 0 aliphatic carbocycles. The number of hydrogen-bond donors (Lipinski definition) is 1. The molecule has 0 fully saturated rings. The molecule has 0 aliphatic rings. The quantitative estimate of drug-likeness (QED) is 0.916. The number of anilines is 1. The molecule has 4 nitrogen and oxygen atoms in total. The van der Waals surface area contributed by atoms with Gasteiger partial charge in [-0.2, -0.15) is 0 Å². The van der Waals surface area contributed by atoms with Crippen molar-refractivity contribution in [2.75, 3.05) is 5.32 Å². The summed E-state index contributed by atoms with van der Waals surface area (Å²) in [6.07, 6.45) is 2.59. The summed E-state index contributed by atoms with van der Waals surface area (Å²) in [5.41, 5.74) is 4.04. The standard InChI is InChI=1S/C15H18N2O2/c1-10-4-5-13(8-11(10)2)17-15(18)7-6-14-9-19-12(3)16-14/h4-5,8-9H,6-7H2,1-3H3,(H,17,18). The van der Waals surface area contributed by atoms with Crippen LogP contribution in [0.4, 0.5) is 5.69 Å². The van der Waals surface area contributed by atoms with Crippen molar-refractivity contribution in [3.8, 4) is 0 Å². The highest BCUT2D eigenvalue weighted by Gasteiger charge is 2.06. The van der Waals surface area contributed by atoms with E-state index in [9.17, 15) is 4.79 Å². The molecular formula is C15H18N2O2. The van der Waals surface area contributed by atoms with Gasteiger partial charge >= 0.3 is 0 Å². The molecular weight excluding hydrogens is 240 g/mol. The second kappa shape index (κ2) is 5.69. The third kappa shape index (κ3) is 3.68. The van der Waals surface area contributed by atoms with Gasteiger partial charge in [0.2, 0.25) is 5.91 Å². The zero-order valence-electron chi connectivity index (χ0n) is 11.5. The lowest BCUT2D eigenvalue weighted by Gasteiger charge is -2.07. The van der Waals surface area contributed by atoms with E-state index in [4.69, 9.17) is 4.42 Å². The Morgan fingerprint density at radius 3 is 2.68 bits per heavy atom. The zero-order chi connectivity index (χ0) is 13.8. The summed E-state index contributed by atoms with van der Waals surface area (Å²) in [4.78, 5) is 16.0. The molecule has 0 radical (unpaired) electrons. The topological polar surface area (TPSA) is 55.1 Å². The molecule has 0 spiro atoms. The Labute approximate surface area is 112 Å². The van der Waals surface area contributed by atoms with E-state index in [1.54, 1.807) is 13.2 Å².